The number of carbonyl (C=O) groups excluding carboxylic acids is 1. The topological polar surface area (TPSA) is 77.0 Å². The van der Waals surface area contributed by atoms with Crippen molar-refractivity contribution in [2.45, 2.75) is 43.5 Å². The summed E-state index contributed by atoms with van der Waals surface area (Å²) >= 11 is 1.72. The summed E-state index contributed by atoms with van der Waals surface area (Å²) in [7, 11) is 1.69. The lowest BCUT2D eigenvalue weighted by molar-refractivity contribution is -0.268. The van der Waals surface area contributed by atoms with Gasteiger partial charge in [0.05, 0.1) is 25.9 Å². The Kier molecular flexibility index (Phi) is 10.7. The van der Waals surface area contributed by atoms with Crippen molar-refractivity contribution in [1.82, 2.24) is 5.32 Å². The number of aliphatic hydroxyl groups is 1. The van der Waals surface area contributed by atoms with Crippen molar-refractivity contribution in [3.05, 3.63) is 155 Å². The Hall–Kier alpha value is -4.40. The number of hydrogen-bond donors (Lipinski definition) is 2. The maximum Gasteiger partial charge on any atom is 0.251 e. The van der Waals surface area contributed by atoms with Crippen molar-refractivity contribution in [2.24, 2.45) is 5.92 Å². The predicted octanol–water partition coefficient (Wildman–Crippen LogP) is 8.37. The van der Waals surface area contributed by atoms with Crippen LogP contribution in [-0.4, -0.2) is 30.0 Å². The molecule has 4 atom stereocenters. The van der Waals surface area contributed by atoms with Gasteiger partial charge in [-0.15, -0.1) is 11.8 Å². The average Bonchev–Trinajstić information content (AvgIpc) is 3.14. The van der Waals surface area contributed by atoms with Gasteiger partial charge < -0.3 is 24.6 Å². The van der Waals surface area contributed by atoms with Crippen LogP contribution >= 0.6 is 11.8 Å². The van der Waals surface area contributed by atoms with Crippen LogP contribution in [0.1, 0.15) is 51.9 Å². The SMILES string of the molecule is COc1ccccc1SC[C@H]1O[C@@H](c2ccc(-c3cccc(CNC(=O)c4ccccc4)c3)cc2)O[C@@H](c2ccc(CO)cc2)[C@H]1C. The first kappa shape index (κ1) is 32.5. The molecule has 0 saturated carbocycles. The number of carbonyl (C=O) groups is 1. The highest BCUT2D eigenvalue weighted by atomic mass is 32.2. The molecule has 6 nitrogen and oxygen atoms in total. The van der Waals surface area contributed by atoms with E-state index in [1.54, 1.807) is 18.9 Å². The molecule has 7 heteroatoms. The van der Waals surface area contributed by atoms with Crippen LogP contribution in [-0.2, 0) is 22.6 Å². The summed E-state index contributed by atoms with van der Waals surface area (Å²) in [5.74, 6) is 1.57. The number of methoxy groups -OCH3 is 1. The maximum atomic E-state index is 12.5. The van der Waals surface area contributed by atoms with Crippen molar-refractivity contribution in [3.8, 4) is 16.9 Å². The number of ether oxygens (including phenoxy) is 3. The molecular weight excluding hydrogens is 607 g/mol. The van der Waals surface area contributed by atoms with E-state index in [1.807, 2.05) is 84.9 Å². The van der Waals surface area contributed by atoms with E-state index in [2.05, 4.69) is 54.7 Å². The van der Waals surface area contributed by atoms with Crippen molar-refractivity contribution in [3.63, 3.8) is 0 Å². The normalized spacial score (nSPS) is 19.2. The van der Waals surface area contributed by atoms with Crippen LogP contribution in [0, 0.1) is 5.92 Å². The van der Waals surface area contributed by atoms with Gasteiger partial charge in [-0.05, 0) is 58.1 Å². The van der Waals surface area contributed by atoms with E-state index in [4.69, 9.17) is 14.2 Å². The van der Waals surface area contributed by atoms with E-state index < -0.39 is 6.29 Å². The maximum absolute atomic E-state index is 12.5. The fourth-order valence-electron chi connectivity index (χ4n) is 5.79. The smallest absolute Gasteiger partial charge is 0.251 e. The number of aliphatic hydroxyl groups excluding tert-OH is 1. The zero-order valence-corrected chi connectivity index (χ0v) is 27.4. The molecule has 1 heterocycles. The molecule has 5 aromatic carbocycles. The summed E-state index contributed by atoms with van der Waals surface area (Å²) in [6, 6.07) is 41.8. The van der Waals surface area contributed by atoms with Crippen molar-refractivity contribution in [2.75, 3.05) is 12.9 Å². The highest BCUT2D eigenvalue weighted by Gasteiger charge is 2.38. The third-order valence-corrected chi connectivity index (χ3v) is 9.67. The molecular formula is C40H39NO5S. The largest absolute Gasteiger partial charge is 0.496 e. The molecule has 5 aromatic rings. The number of rotatable bonds is 11. The first-order valence-corrected chi connectivity index (χ1v) is 16.8. The van der Waals surface area contributed by atoms with Gasteiger partial charge in [0.25, 0.3) is 5.91 Å². The second kappa shape index (κ2) is 15.5. The first-order chi connectivity index (χ1) is 23.0. The molecule has 47 heavy (non-hydrogen) atoms. The van der Waals surface area contributed by atoms with E-state index in [9.17, 15) is 9.90 Å². The van der Waals surface area contributed by atoms with Gasteiger partial charge in [0.1, 0.15) is 5.75 Å². The van der Waals surface area contributed by atoms with Crippen molar-refractivity contribution < 1.29 is 24.1 Å². The molecule has 0 spiro atoms. The third-order valence-electron chi connectivity index (χ3n) is 8.53. The van der Waals surface area contributed by atoms with Crippen LogP contribution in [0.25, 0.3) is 11.1 Å². The van der Waals surface area contributed by atoms with Crippen LogP contribution in [0.15, 0.2) is 132 Å². The lowest BCUT2D eigenvalue weighted by Gasteiger charge is -2.41. The zero-order chi connectivity index (χ0) is 32.6. The molecule has 1 aliphatic heterocycles. The van der Waals surface area contributed by atoms with Gasteiger partial charge in [-0.25, -0.2) is 0 Å². The number of nitrogens with one attached hydrogen (secondary N) is 1. The summed E-state index contributed by atoms with van der Waals surface area (Å²) in [6.45, 7) is 2.62. The lowest BCUT2D eigenvalue weighted by atomic mass is 9.91. The summed E-state index contributed by atoms with van der Waals surface area (Å²) in [5.41, 5.74) is 6.66. The van der Waals surface area contributed by atoms with Crippen molar-refractivity contribution >= 4 is 17.7 Å². The van der Waals surface area contributed by atoms with E-state index in [0.29, 0.717) is 12.1 Å². The molecule has 0 bridgehead atoms. The van der Waals surface area contributed by atoms with Crippen LogP contribution in [0.4, 0.5) is 0 Å². The fourth-order valence-corrected chi connectivity index (χ4v) is 6.98. The quantitative estimate of drug-likeness (QED) is 0.141. The Morgan fingerprint density at radius 1 is 0.787 bits per heavy atom. The molecule has 1 saturated heterocycles. The second-order valence-electron chi connectivity index (χ2n) is 11.7. The highest BCUT2D eigenvalue weighted by Crippen LogP contribution is 2.44. The molecule has 2 N–H and O–H groups in total. The summed E-state index contributed by atoms with van der Waals surface area (Å²) in [6.07, 6.45) is -0.827. The molecule has 1 fully saturated rings. The molecule has 1 amide bonds. The molecule has 6 rings (SSSR count). The minimum absolute atomic E-state index is 0.00282. The number of thioether (sulfide) groups is 1. The van der Waals surface area contributed by atoms with Gasteiger partial charge in [-0.2, -0.15) is 0 Å². The number of para-hydroxylation sites is 1. The number of benzene rings is 5. The van der Waals surface area contributed by atoms with Crippen LogP contribution in [0.5, 0.6) is 5.75 Å². The van der Waals surface area contributed by atoms with E-state index in [0.717, 1.165) is 49.8 Å². The van der Waals surface area contributed by atoms with Gasteiger partial charge in [-0.3, -0.25) is 4.79 Å². The molecule has 0 aliphatic carbocycles. The first-order valence-electron chi connectivity index (χ1n) is 15.8. The van der Waals surface area contributed by atoms with E-state index in [1.165, 1.54) is 0 Å². The Morgan fingerprint density at radius 2 is 1.51 bits per heavy atom. The zero-order valence-electron chi connectivity index (χ0n) is 26.5. The number of amides is 1. The fraction of sp³-hybridized carbons (Fsp3) is 0.225. The van der Waals surface area contributed by atoms with Gasteiger partial charge in [-0.1, -0.05) is 104 Å². The van der Waals surface area contributed by atoms with Gasteiger partial charge in [0.2, 0.25) is 0 Å². The third kappa shape index (κ3) is 7.95. The molecule has 0 aromatic heterocycles. The van der Waals surface area contributed by atoms with Crippen molar-refractivity contribution in [1.29, 1.82) is 0 Å². The Balaban J connectivity index is 1.19. The second-order valence-corrected chi connectivity index (χ2v) is 12.7. The Bertz CT molecular complexity index is 1760. The number of hydrogen-bond acceptors (Lipinski definition) is 6. The minimum Gasteiger partial charge on any atom is -0.496 e. The molecule has 240 valence electrons. The Labute approximate surface area is 280 Å². The Morgan fingerprint density at radius 3 is 2.26 bits per heavy atom. The minimum atomic E-state index is -0.550. The van der Waals surface area contributed by atoms with Gasteiger partial charge in [0, 0.05) is 34.2 Å². The van der Waals surface area contributed by atoms with E-state index >= 15 is 0 Å². The summed E-state index contributed by atoms with van der Waals surface area (Å²) in [5, 5.41) is 12.6. The monoisotopic (exact) mass is 645 g/mol. The van der Waals surface area contributed by atoms with Gasteiger partial charge in [0.15, 0.2) is 6.29 Å². The summed E-state index contributed by atoms with van der Waals surface area (Å²) in [4.78, 5) is 13.6. The van der Waals surface area contributed by atoms with Crippen LogP contribution in [0.3, 0.4) is 0 Å². The predicted molar refractivity (Wildman–Crippen MR) is 186 cm³/mol. The van der Waals surface area contributed by atoms with Crippen LogP contribution in [0.2, 0.25) is 0 Å². The van der Waals surface area contributed by atoms with E-state index in [-0.39, 0.29) is 30.6 Å². The average molecular weight is 646 g/mol. The summed E-state index contributed by atoms with van der Waals surface area (Å²) < 4.78 is 18.9. The molecule has 1 aliphatic rings. The lowest BCUT2D eigenvalue weighted by Crippen LogP contribution is -2.38. The standard InChI is InChI=1S/C40H39NO5S/c1-27-36(26-47-37-14-7-6-13-35(37)44-2)45-40(46-38(27)31-17-15-28(25-42)16-18-31)33-21-19-30(20-22-33)34-12-8-9-29(23-34)24-41-39(43)32-10-4-3-5-11-32/h3-23,27,36,38,40,42H,24-26H2,1-2H3,(H,41,43)/t27-,36+,38+,40+/m0/s1. The molecule has 0 radical (unpaired) electrons. The van der Waals surface area contributed by atoms with Gasteiger partial charge >= 0.3 is 0 Å². The molecule has 0 unspecified atom stereocenters. The van der Waals surface area contributed by atoms with Crippen LogP contribution < -0.4 is 10.1 Å². The highest BCUT2D eigenvalue weighted by molar-refractivity contribution is 7.99.